The number of fused-ring (bicyclic) bond motifs is 7. The summed E-state index contributed by atoms with van der Waals surface area (Å²) in [7, 11) is 3.64. The monoisotopic (exact) mass is 600 g/mol. The number of piperazine rings is 3. The highest BCUT2D eigenvalue weighted by Gasteiger charge is 2.60. The Morgan fingerprint density at radius 3 is 2.18 bits per heavy atom. The van der Waals surface area contributed by atoms with Gasteiger partial charge in [-0.1, -0.05) is 25.1 Å². The Kier molecular flexibility index (Phi) is 6.45. The third-order valence-corrected chi connectivity index (χ3v) is 11.2. The average molecular weight is 601 g/mol. The van der Waals surface area contributed by atoms with Crippen molar-refractivity contribution in [1.29, 1.82) is 0 Å². The van der Waals surface area contributed by atoms with Crippen molar-refractivity contribution >= 4 is 29.1 Å². The molecule has 2 amide bonds. The van der Waals surface area contributed by atoms with E-state index in [4.69, 9.17) is 0 Å². The van der Waals surface area contributed by atoms with Gasteiger partial charge in [-0.15, -0.1) is 0 Å². The minimum atomic E-state index is -1.17. The molecule has 8 rings (SSSR count). The van der Waals surface area contributed by atoms with E-state index in [-0.39, 0.29) is 29.2 Å². The van der Waals surface area contributed by atoms with Gasteiger partial charge in [-0.3, -0.25) is 14.4 Å². The predicted octanol–water partition coefficient (Wildman–Crippen LogP) is 1.80. The number of aliphatic hydroxyl groups is 1. The van der Waals surface area contributed by atoms with Crippen LogP contribution in [0.5, 0.6) is 0 Å². The Morgan fingerprint density at radius 1 is 0.932 bits per heavy atom. The van der Waals surface area contributed by atoms with Crippen molar-refractivity contribution < 1.29 is 38.4 Å². The third kappa shape index (κ3) is 4.11. The number of carbonyl (C=O) groups is 4. The number of carboxylic acids is 1. The molecule has 10 nitrogen and oxygen atoms in total. The quantitative estimate of drug-likeness (QED) is 0.316. The van der Waals surface area contributed by atoms with E-state index in [1.807, 2.05) is 39.2 Å². The number of likely N-dealkylation sites (N-methyl/N-ethyl adjacent to an activating group) is 1. The summed E-state index contributed by atoms with van der Waals surface area (Å²) >= 11 is 0. The molecule has 0 saturated carbocycles. The zero-order valence-corrected chi connectivity index (χ0v) is 25.7. The molecule has 5 aliphatic heterocycles. The summed E-state index contributed by atoms with van der Waals surface area (Å²) < 4.78 is 1.86. The first-order valence-corrected chi connectivity index (χ1v) is 15.6. The lowest BCUT2D eigenvalue weighted by Crippen LogP contribution is -2.75. The minimum Gasteiger partial charge on any atom is -0.477 e. The Morgan fingerprint density at radius 2 is 1.57 bits per heavy atom. The summed E-state index contributed by atoms with van der Waals surface area (Å²) in [5.41, 5.74) is 5.23. The highest BCUT2D eigenvalue weighted by molar-refractivity contribution is 6.22. The number of benzene rings is 2. The van der Waals surface area contributed by atoms with Crippen LogP contribution in [0.2, 0.25) is 0 Å². The van der Waals surface area contributed by atoms with Crippen molar-refractivity contribution in [1.82, 2.24) is 9.80 Å². The van der Waals surface area contributed by atoms with Crippen LogP contribution < -0.4 is 0 Å². The zero-order valence-electron chi connectivity index (χ0n) is 25.7. The number of rotatable bonds is 7. The van der Waals surface area contributed by atoms with Crippen LogP contribution in [0.4, 0.5) is 0 Å². The molecule has 0 radical (unpaired) electrons. The molecule has 2 aromatic carbocycles. The van der Waals surface area contributed by atoms with E-state index in [9.17, 15) is 29.4 Å². The molecular formula is C34H40N4O6+2. The van der Waals surface area contributed by atoms with Gasteiger partial charge in [-0.05, 0) is 47.4 Å². The molecule has 10 heteroatoms. The Bertz CT molecular complexity index is 1650. The van der Waals surface area contributed by atoms with Gasteiger partial charge in [0, 0.05) is 36.7 Å². The first-order chi connectivity index (χ1) is 20.9. The van der Waals surface area contributed by atoms with Crippen molar-refractivity contribution in [2.45, 2.75) is 32.5 Å². The van der Waals surface area contributed by atoms with E-state index in [1.54, 1.807) is 24.0 Å². The number of carboxylic acid groups (broad SMARTS) is 1. The molecule has 44 heavy (non-hydrogen) atoms. The highest BCUT2D eigenvalue weighted by atomic mass is 16.4. The molecule has 4 fully saturated rings. The van der Waals surface area contributed by atoms with E-state index in [1.165, 1.54) is 4.90 Å². The normalized spacial score (nSPS) is 30.6. The van der Waals surface area contributed by atoms with Crippen LogP contribution in [0.25, 0.3) is 16.7 Å². The fourth-order valence-electron chi connectivity index (χ4n) is 8.58. The van der Waals surface area contributed by atoms with Crippen LogP contribution in [0, 0.1) is 11.8 Å². The van der Waals surface area contributed by atoms with Crippen LogP contribution in [-0.4, -0.2) is 125 Å². The van der Waals surface area contributed by atoms with Crippen LogP contribution >= 0.6 is 0 Å². The van der Waals surface area contributed by atoms with Gasteiger partial charge in [0.05, 0.1) is 18.1 Å². The van der Waals surface area contributed by atoms with Crippen LogP contribution in [0.1, 0.15) is 40.9 Å². The van der Waals surface area contributed by atoms with E-state index < -0.39 is 24.0 Å². The fraction of sp³-hybridized carbons (Fsp3) is 0.471. The van der Waals surface area contributed by atoms with Crippen molar-refractivity contribution in [3.05, 3.63) is 64.3 Å². The number of carbonyl (C=O) groups excluding carboxylic acids is 3. The van der Waals surface area contributed by atoms with Crippen molar-refractivity contribution in [2.24, 2.45) is 11.8 Å². The maximum atomic E-state index is 13.6. The molecule has 0 spiro atoms. The SMILES string of the molecule is C[C@@H](O)[C@H]1C(=O)N2C(C(=O)O)=C(c3ccc4c(c3)-c3ccc(C[N+]56CC[N+](CC(=O)N(C)C)(CC5)CC6)cc3C4=O)[C@H](C)[C@H]12. The Balaban J connectivity index is 1.15. The summed E-state index contributed by atoms with van der Waals surface area (Å²) in [6.07, 6.45) is -0.867. The Labute approximate surface area is 256 Å². The first-order valence-electron chi connectivity index (χ1n) is 15.6. The van der Waals surface area contributed by atoms with E-state index in [2.05, 4.69) is 6.07 Å². The topological polar surface area (TPSA) is 115 Å². The first kappa shape index (κ1) is 28.9. The number of hydrogen-bond donors (Lipinski definition) is 2. The molecule has 1 aliphatic carbocycles. The maximum absolute atomic E-state index is 13.6. The summed E-state index contributed by atoms with van der Waals surface area (Å²) in [6, 6.07) is 11.2. The van der Waals surface area contributed by atoms with Crippen LogP contribution in [0.3, 0.4) is 0 Å². The number of nitrogens with zero attached hydrogens (tertiary/aromatic N) is 4. The molecule has 2 bridgehead atoms. The lowest BCUT2D eigenvalue weighted by atomic mass is 9.76. The van der Waals surface area contributed by atoms with Gasteiger partial charge in [0.15, 0.2) is 12.3 Å². The lowest BCUT2D eigenvalue weighted by molar-refractivity contribution is -1.08. The lowest BCUT2D eigenvalue weighted by Gasteiger charge is -2.55. The van der Waals surface area contributed by atoms with Crippen LogP contribution in [0.15, 0.2) is 42.1 Å². The molecule has 4 atom stereocenters. The van der Waals surface area contributed by atoms with Crippen molar-refractivity contribution in [3.8, 4) is 11.1 Å². The zero-order chi connectivity index (χ0) is 31.3. The highest BCUT2D eigenvalue weighted by Crippen LogP contribution is 2.51. The standard InChI is InChI=1S/C34H39N4O6/c1-19-28(31(34(43)44)36-30(19)29(20(2)39)33(36)42)22-6-8-24-25(16-22)23-7-5-21(15-26(23)32(24)41)17-37-9-12-38(13-10-37,14-11-37)18-27(40)35(3)4/h5-8,15-16,19-20,29-30,39H,9-14,17-18H2,1-4H3/q+1/p+1/t19-,20+,29+,30+,37?,38?/m0/s1. The number of aliphatic hydroxyl groups excluding tert-OH is 1. The van der Waals surface area contributed by atoms with Gasteiger partial charge in [0.2, 0.25) is 5.91 Å². The minimum absolute atomic E-state index is 0.0290. The van der Waals surface area contributed by atoms with Crippen molar-refractivity contribution in [3.63, 3.8) is 0 Å². The second-order valence-electron chi connectivity index (χ2n) is 13.9. The predicted molar refractivity (Wildman–Crippen MR) is 162 cm³/mol. The van der Waals surface area contributed by atoms with Gasteiger partial charge in [-0.2, -0.15) is 0 Å². The Hall–Kier alpha value is -3.86. The van der Waals surface area contributed by atoms with Gasteiger partial charge in [-0.25, -0.2) is 4.79 Å². The summed E-state index contributed by atoms with van der Waals surface area (Å²) in [5, 5.41) is 20.3. The number of aliphatic carboxylic acids is 1. The molecular weight excluding hydrogens is 560 g/mol. The summed E-state index contributed by atoms with van der Waals surface area (Å²) in [6.45, 7) is 10.9. The molecule has 2 aromatic rings. The number of β-lactam (4-membered cyclic amide) rings is 1. The maximum Gasteiger partial charge on any atom is 0.352 e. The van der Waals surface area contributed by atoms with Crippen LogP contribution in [-0.2, 0) is 20.9 Å². The second kappa shape index (κ2) is 9.82. The molecule has 6 aliphatic rings. The van der Waals surface area contributed by atoms with Crippen molar-refractivity contribution in [2.75, 3.05) is 59.9 Å². The van der Waals surface area contributed by atoms with Gasteiger partial charge < -0.3 is 29.0 Å². The molecule has 2 N–H and O–H groups in total. The molecule has 5 heterocycles. The van der Waals surface area contributed by atoms with E-state index in [0.29, 0.717) is 28.8 Å². The smallest absolute Gasteiger partial charge is 0.352 e. The van der Waals surface area contributed by atoms with Gasteiger partial charge in [0.25, 0.3) is 5.91 Å². The van der Waals surface area contributed by atoms with E-state index >= 15 is 0 Å². The number of amides is 2. The number of hydrogen-bond acceptors (Lipinski definition) is 5. The average Bonchev–Trinajstić information content (AvgIpc) is 3.41. The van der Waals surface area contributed by atoms with Gasteiger partial charge >= 0.3 is 5.97 Å². The summed E-state index contributed by atoms with van der Waals surface area (Å²) in [5.74, 6) is -2.29. The number of quaternary nitrogens is 2. The fourth-order valence-corrected chi connectivity index (χ4v) is 8.58. The molecule has 230 valence electrons. The third-order valence-electron chi connectivity index (χ3n) is 11.2. The molecule has 0 aromatic heterocycles. The van der Waals surface area contributed by atoms with E-state index in [0.717, 1.165) is 71.5 Å². The molecule has 4 saturated heterocycles. The van der Waals surface area contributed by atoms with Gasteiger partial charge in [0.1, 0.15) is 51.5 Å². The molecule has 0 unspecified atom stereocenters. The number of ketones is 1. The largest absolute Gasteiger partial charge is 0.477 e. The summed E-state index contributed by atoms with van der Waals surface area (Å²) in [4.78, 5) is 54.3. The second-order valence-corrected chi connectivity index (χ2v) is 13.9.